The fraction of sp³-hybridized carbons (Fsp3) is 0.938. The molecule has 0 saturated carbocycles. The van der Waals surface area contributed by atoms with Crippen molar-refractivity contribution in [2.75, 3.05) is 47.9 Å². The smallest absolute Gasteiger partial charge is 0.223 e. The molecule has 130 valence electrons. The molecule has 6 heteroatoms. The Morgan fingerprint density at radius 1 is 1.41 bits per heavy atom. The molecule has 1 heterocycles. The molecule has 22 heavy (non-hydrogen) atoms. The number of carbonyl (C=O) groups is 1. The summed E-state index contributed by atoms with van der Waals surface area (Å²) in [5.41, 5.74) is 0. The maximum Gasteiger partial charge on any atom is 0.223 e. The van der Waals surface area contributed by atoms with Crippen LogP contribution in [0.1, 0.15) is 26.7 Å². The molecular weight excluding hydrogens is 282 g/mol. The van der Waals surface area contributed by atoms with Crippen LogP contribution in [0.5, 0.6) is 0 Å². The van der Waals surface area contributed by atoms with Crippen LogP contribution in [0.3, 0.4) is 0 Å². The van der Waals surface area contributed by atoms with E-state index >= 15 is 0 Å². The van der Waals surface area contributed by atoms with E-state index in [1.807, 2.05) is 21.0 Å². The number of methoxy groups -OCH3 is 1. The van der Waals surface area contributed by atoms with Gasteiger partial charge < -0.3 is 15.0 Å². The van der Waals surface area contributed by atoms with E-state index in [4.69, 9.17) is 9.57 Å². The van der Waals surface area contributed by atoms with Crippen LogP contribution in [0.2, 0.25) is 0 Å². The minimum absolute atomic E-state index is 0.0672. The molecular formula is C16H33N3O3. The first kappa shape index (κ1) is 19.4. The number of hydrogen-bond acceptors (Lipinski definition) is 5. The predicted octanol–water partition coefficient (Wildman–Crippen LogP) is 0.977. The van der Waals surface area contributed by atoms with Crippen LogP contribution < -0.4 is 5.32 Å². The van der Waals surface area contributed by atoms with Crippen molar-refractivity contribution >= 4 is 5.91 Å². The van der Waals surface area contributed by atoms with Gasteiger partial charge in [0.1, 0.15) is 0 Å². The van der Waals surface area contributed by atoms with Gasteiger partial charge in [0.2, 0.25) is 5.91 Å². The highest BCUT2D eigenvalue weighted by Crippen LogP contribution is 2.28. The van der Waals surface area contributed by atoms with Crippen LogP contribution >= 0.6 is 0 Å². The molecule has 0 bridgehead atoms. The summed E-state index contributed by atoms with van der Waals surface area (Å²) in [6.07, 6.45) is 2.44. The fourth-order valence-corrected chi connectivity index (χ4v) is 3.16. The van der Waals surface area contributed by atoms with Crippen molar-refractivity contribution in [3.05, 3.63) is 0 Å². The SMILES string of the molecule is COC(C(C)[C@@H](C)C(=O)NCCON(C)C)C1CCCN1C. The maximum atomic E-state index is 12.3. The van der Waals surface area contributed by atoms with E-state index in [9.17, 15) is 4.79 Å². The molecule has 1 N–H and O–H groups in total. The summed E-state index contributed by atoms with van der Waals surface area (Å²) < 4.78 is 5.74. The lowest BCUT2D eigenvalue weighted by Crippen LogP contribution is -2.46. The molecule has 1 fully saturated rings. The lowest BCUT2D eigenvalue weighted by molar-refractivity contribution is -0.133. The number of nitrogens with zero attached hydrogens (tertiary/aromatic N) is 2. The quantitative estimate of drug-likeness (QED) is 0.508. The summed E-state index contributed by atoms with van der Waals surface area (Å²) in [5, 5.41) is 4.57. The molecule has 3 unspecified atom stereocenters. The lowest BCUT2D eigenvalue weighted by Gasteiger charge is -2.34. The molecule has 0 aromatic heterocycles. The van der Waals surface area contributed by atoms with Gasteiger partial charge in [-0.3, -0.25) is 9.63 Å². The van der Waals surface area contributed by atoms with Crippen molar-refractivity contribution in [2.24, 2.45) is 11.8 Å². The number of nitrogens with one attached hydrogen (secondary N) is 1. The summed E-state index contributed by atoms with van der Waals surface area (Å²) in [7, 11) is 7.55. The first-order chi connectivity index (χ1) is 10.4. The highest BCUT2D eigenvalue weighted by Gasteiger charge is 2.36. The van der Waals surface area contributed by atoms with Crippen LogP contribution in [0.4, 0.5) is 0 Å². The van der Waals surface area contributed by atoms with Gasteiger partial charge in [-0.15, -0.1) is 0 Å². The van der Waals surface area contributed by atoms with Gasteiger partial charge >= 0.3 is 0 Å². The minimum atomic E-state index is -0.0849. The van der Waals surface area contributed by atoms with Crippen molar-refractivity contribution in [3.63, 3.8) is 0 Å². The van der Waals surface area contributed by atoms with Crippen LogP contribution in [-0.4, -0.2) is 76.0 Å². The normalized spacial score (nSPS) is 23.5. The topological polar surface area (TPSA) is 54.0 Å². The zero-order valence-electron chi connectivity index (χ0n) is 15.0. The second-order valence-corrected chi connectivity index (χ2v) is 6.47. The Kier molecular flexibility index (Phi) is 8.31. The zero-order chi connectivity index (χ0) is 16.7. The van der Waals surface area contributed by atoms with E-state index in [0.717, 1.165) is 13.0 Å². The first-order valence-corrected chi connectivity index (χ1v) is 8.19. The monoisotopic (exact) mass is 315 g/mol. The number of likely N-dealkylation sites (N-methyl/N-ethyl adjacent to an activating group) is 1. The molecule has 6 nitrogen and oxygen atoms in total. The zero-order valence-corrected chi connectivity index (χ0v) is 15.0. The van der Waals surface area contributed by atoms with E-state index in [1.165, 1.54) is 6.42 Å². The van der Waals surface area contributed by atoms with Gasteiger partial charge in [0, 0.05) is 39.7 Å². The predicted molar refractivity (Wildman–Crippen MR) is 87.4 cm³/mol. The number of carbonyl (C=O) groups excluding carboxylic acids is 1. The van der Waals surface area contributed by atoms with E-state index in [0.29, 0.717) is 19.2 Å². The van der Waals surface area contributed by atoms with Crippen molar-refractivity contribution < 1.29 is 14.4 Å². The molecule has 0 spiro atoms. The van der Waals surface area contributed by atoms with Crippen LogP contribution in [0.25, 0.3) is 0 Å². The van der Waals surface area contributed by atoms with E-state index in [1.54, 1.807) is 12.2 Å². The van der Waals surface area contributed by atoms with Gasteiger partial charge in [-0.05, 0) is 32.4 Å². The standard InChI is InChI=1S/C16H33N3O3/c1-12(15(21-6)14-8-7-10-19(14)5)13(2)16(20)17-9-11-22-18(3)4/h12-15H,7-11H2,1-6H3,(H,17,20)/t12?,13-,14?,15?/m1/s1. The van der Waals surface area contributed by atoms with Gasteiger partial charge in [-0.1, -0.05) is 13.8 Å². The van der Waals surface area contributed by atoms with Crippen molar-refractivity contribution in [1.29, 1.82) is 0 Å². The molecule has 0 aromatic carbocycles. The van der Waals surface area contributed by atoms with Gasteiger partial charge in [0.05, 0.1) is 12.7 Å². The number of likely N-dealkylation sites (tertiary alicyclic amines) is 1. The second-order valence-electron chi connectivity index (χ2n) is 6.47. The van der Waals surface area contributed by atoms with Gasteiger partial charge in [0.25, 0.3) is 0 Å². The Hall–Kier alpha value is -0.690. The number of amides is 1. The Morgan fingerprint density at radius 3 is 2.59 bits per heavy atom. The fourth-order valence-electron chi connectivity index (χ4n) is 3.16. The third kappa shape index (κ3) is 5.50. The Balaban J connectivity index is 2.47. The van der Waals surface area contributed by atoms with E-state index in [-0.39, 0.29) is 23.8 Å². The van der Waals surface area contributed by atoms with Crippen molar-refractivity contribution in [3.8, 4) is 0 Å². The second kappa shape index (κ2) is 9.45. The minimum Gasteiger partial charge on any atom is -0.380 e. The number of ether oxygens (including phenoxy) is 1. The summed E-state index contributed by atoms with van der Waals surface area (Å²) in [5.74, 6) is 0.154. The number of hydrogen-bond donors (Lipinski definition) is 1. The molecule has 0 aliphatic carbocycles. The highest BCUT2D eigenvalue weighted by atomic mass is 16.7. The van der Waals surface area contributed by atoms with Crippen molar-refractivity contribution in [2.45, 2.75) is 38.8 Å². The lowest BCUT2D eigenvalue weighted by atomic mass is 9.85. The summed E-state index contributed by atoms with van der Waals surface area (Å²) in [6, 6.07) is 0.410. The summed E-state index contributed by atoms with van der Waals surface area (Å²) in [6.45, 7) is 6.21. The Morgan fingerprint density at radius 2 is 2.09 bits per heavy atom. The third-order valence-corrected chi connectivity index (χ3v) is 4.70. The van der Waals surface area contributed by atoms with Gasteiger partial charge in [0.15, 0.2) is 0 Å². The Labute approximate surface area is 135 Å². The average molecular weight is 315 g/mol. The van der Waals surface area contributed by atoms with Crippen LogP contribution in [0.15, 0.2) is 0 Å². The van der Waals surface area contributed by atoms with Crippen LogP contribution in [-0.2, 0) is 14.4 Å². The van der Waals surface area contributed by atoms with Gasteiger partial charge in [-0.2, -0.15) is 5.06 Å². The molecule has 4 atom stereocenters. The Bertz CT molecular complexity index is 339. The van der Waals surface area contributed by atoms with E-state index < -0.39 is 0 Å². The molecule has 1 aliphatic rings. The van der Waals surface area contributed by atoms with E-state index in [2.05, 4.69) is 24.2 Å². The summed E-state index contributed by atoms with van der Waals surface area (Å²) >= 11 is 0. The molecule has 1 rings (SSSR count). The molecule has 0 radical (unpaired) electrons. The van der Waals surface area contributed by atoms with Crippen molar-refractivity contribution in [1.82, 2.24) is 15.3 Å². The highest BCUT2D eigenvalue weighted by molar-refractivity contribution is 5.78. The molecule has 1 saturated heterocycles. The van der Waals surface area contributed by atoms with Gasteiger partial charge in [-0.25, -0.2) is 0 Å². The molecule has 1 aliphatic heterocycles. The maximum absolute atomic E-state index is 12.3. The third-order valence-electron chi connectivity index (χ3n) is 4.70. The molecule has 1 amide bonds. The van der Waals surface area contributed by atoms with Crippen LogP contribution in [0, 0.1) is 11.8 Å². The molecule has 0 aromatic rings. The number of hydroxylamine groups is 2. The summed E-state index contributed by atoms with van der Waals surface area (Å²) in [4.78, 5) is 19.9. The number of rotatable bonds is 9. The average Bonchev–Trinajstić information content (AvgIpc) is 2.89. The first-order valence-electron chi connectivity index (χ1n) is 8.19. The largest absolute Gasteiger partial charge is 0.380 e.